The van der Waals surface area contributed by atoms with Gasteiger partial charge in [-0.25, -0.2) is 4.39 Å². The van der Waals surface area contributed by atoms with Gasteiger partial charge in [-0.05, 0) is 34.5 Å². The zero-order valence-corrected chi connectivity index (χ0v) is 18.8. The van der Waals surface area contributed by atoms with Gasteiger partial charge in [-0.15, -0.1) is 0 Å². The third-order valence-electron chi connectivity index (χ3n) is 6.14. The normalized spacial score (nSPS) is 36.8. The van der Waals surface area contributed by atoms with Crippen molar-refractivity contribution in [3.8, 4) is 0 Å². The fraction of sp³-hybridized carbons (Fsp3) is 0.700. The molecule has 3 rings (SSSR count). The van der Waals surface area contributed by atoms with Crippen molar-refractivity contribution in [1.29, 1.82) is 0 Å². The van der Waals surface area contributed by atoms with Gasteiger partial charge in [0.2, 0.25) is 0 Å². The lowest BCUT2D eigenvalue weighted by Crippen LogP contribution is -2.61. The zero-order chi connectivity index (χ0) is 25.4. The maximum atomic E-state index is 15.7. The van der Waals surface area contributed by atoms with Crippen LogP contribution < -0.4 is 0 Å². The molecule has 1 aromatic rings. The fourth-order valence-corrected chi connectivity index (χ4v) is 4.36. The SMILES string of the molecule is CC1CC(N=[N+]=[N-])C(O)C(O)C1OC1OC(CN=[N+]=[N-])C(OCc2ccccc2)C(F)C1N=[N+]=[N-]. The number of rotatable bonds is 9. The van der Waals surface area contributed by atoms with Crippen LogP contribution in [-0.4, -0.2) is 71.8 Å². The molecule has 0 spiro atoms. The Labute approximate surface area is 199 Å². The molecule has 1 saturated heterocycles. The highest BCUT2D eigenvalue weighted by atomic mass is 19.1. The standard InChI is InChI=1S/C20H26FN9O5/c1-10-7-12(26-29-23)16(31)17(32)18(10)35-20-15(27-30-24)14(21)19(13(34-20)8-25-28-22)33-9-11-5-3-2-4-6-11/h2-6,10,12-20,31-32H,7-9H2,1H3. The van der Waals surface area contributed by atoms with Gasteiger partial charge in [0.1, 0.15) is 24.4 Å². The maximum absolute atomic E-state index is 15.7. The topological polar surface area (TPSA) is 214 Å². The Bertz CT molecular complexity index is 984. The van der Waals surface area contributed by atoms with Gasteiger partial charge in [0.15, 0.2) is 6.29 Å². The van der Waals surface area contributed by atoms with Crippen molar-refractivity contribution in [2.24, 2.45) is 21.3 Å². The van der Waals surface area contributed by atoms with Crippen LogP contribution in [0.3, 0.4) is 0 Å². The summed E-state index contributed by atoms with van der Waals surface area (Å²) >= 11 is 0. The van der Waals surface area contributed by atoms with Crippen molar-refractivity contribution in [3.63, 3.8) is 0 Å². The summed E-state index contributed by atoms with van der Waals surface area (Å²) in [4.78, 5) is 8.08. The second-order valence-electron chi connectivity index (χ2n) is 8.42. The van der Waals surface area contributed by atoms with E-state index in [2.05, 4.69) is 30.1 Å². The van der Waals surface area contributed by atoms with E-state index < -0.39 is 61.0 Å². The molecular formula is C20H26FN9O5. The number of benzene rings is 1. The van der Waals surface area contributed by atoms with Crippen LogP contribution in [-0.2, 0) is 20.8 Å². The first kappa shape index (κ1) is 26.5. The largest absolute Gasteiger partial charge is 0.390 e. The lowest BCUT2D eigenvalue weighted by molar-refractivity contribution is -0.291. The second kappa shape index (κ2) is 12.5. The van der Waals surface area contributed by atoms with Crippen LogP contribution >= 0.6 is 0 Å². The number of azide groups is 3. The molecule has 1 saturated carbocycles. The predicted octanol–water partition coefficient (Wildman–Crippen LogP) is 3.45. The van der Waals surface area contributed by atoms with Crippen LogP contribution in [0, 0.1) is 5.92 Å². The van der Waals surface area contributed by atoms with E-state index in [1.54, 1.807) is 31.2 Å². The quantitative estimate of drug-likeness (QED) is 0.300. The molecule has 0 amide bonds. The molecule has 2 N–H and O–H groups in total. The molecule has 14 nitrogen and oxygen atoms in total. The van der Waals surface area contributed by atoms with Crippen molar-refractivity contribution in [2.75, 3.05) is 6.54 Å². The Balaban J connectivity index is 1.81. The molecule has 1 aliphatic heterocycles. The summed E-state index contributed by atoms with van der Waals surface area (Å²) in [6.07, 6.45) is -9.46. The summed E-state index contributed by atoms with van der Waals surface area (Å²) in [5, 5.41) is 31.4. The summed E-state index contributed by atoms with van der Waals surface area (Å²) in [5.74, 6) is -0.431. The monoisotopic (exact) mass is 491 g/mol. The Morgan fingerprint density at radius 1 is 1.06 bits per heavy atom. The minimum atomic E-state index is -1.90. The molecule has 188 valence electrons. The summed E-state index contributed by atoms with van der Waals surface area (Å²) in [6, 6.07) is 6.63. The van der Waals surface area contributed by atoms with E-state index in [1.165, 1.54) is 0 Å². The highest BCUT2D eigenvalue weighted by molar-refractivity contribution is 5.13. The lowest BCUT2D eigenvalue weighted by atomic mass is 9.80. The Morgan fingerprint density at radius 3 is 2.43 bits per heavy atom. The van der Waals surface area contributed by atoms with Gasteiger partial charge in [0.05, 0.1) is 37.5 Å². The zero-order valence-electron chi connectivity index (χ0n) is 18.8. The molecule has 0 radical (unpaired) electrons. The van der Waals surface area contributed by atoms with Crippen LogP contribution in [0.2, 0.25) is 0 Å². The molecule has 35 heavy (non-hydrogen) atoms. The minimum Gasteiger partial charge on any atom is -0.390 e. The third kappa shape index (κ3) is 6.31. The van der Waals surface area contributed by atoms with Crippen molar-refractivity contribution in [2.45, 2.75) is 75.0 Å². The molecule has 10 unspecified atom stereocenters. The van der Waals surface area contributed by atoms with E-state index >= 15 is 4.39 Å². The van der Waals surface area contributed by atoms with Gasteiger partial charge in [-0.3, -0.25) is 0 Å². The van der Waals surface area contributed by atoms with E-state index in [0.717, 1.165) is 5.56 Å². The van der Waals surface area contributed by atoms with E-state index in [-0.39, 0.29) is 19.6 Å². The average molecular weight is 491 g/mol. The predicted molar refractivity (Wildman–Crippen MR) is 119 cm³/mol. The van der Waals surface area contributed by atoms with Crippen LogP contribution in [0.15, 0.2) is 45.7 Å². The molecule has 1 aliphatic carbocycles. The fourth-order valence-electron chi connectivity index (χ4n) is 4.36. The maximum Gasteiger partial charge on any atom is 0.170 e. The molecule has 2 fully saturated rings. The summed E-state index contributed by atoms with van der Waals surface area (Å²) in [5.41, 5.74) is 27.2. The first-order valence-electron chi connectivity index (χ1n) is 11.0. The van der Waals surface area contributed by atoms with Gasteiger partial charge in [0.25, 0.3) is 0 Å². The number of alkyl halides is 1. The Kier molecular flexibility index (Phi) is 9.49. The van der Waals surface area contributed by atoms with E-state index in [1.807, 2.05) is 6.07 Å². The number of aliphatic hydroxyl groups excluding tert-OH is 2. The number of ether oxygens (including phenoxy) is 3. The van der Waals surface area contributed by atoms with Gasteiger partial charge >= 0.3 is 0 Å². The lowest BCUT2D eigenvalue weighted by Gasteiger charge is -2.46. The molecule has 10 atom stereocenters. The van der Waals surface area contributed by atoms with E-state index in [0.29, 0.717) is 0 Å². The van der Waals surface area contributed by atoms with Gasteiger partial charge in [0, 0.05) is 14.7 Å². The molecule has 1 heterocycles. The van der Waals surface area contributed by atoms with Crippen LogP contribution in [0.25, 0.3) is 31.3 Å². The third-order valence-corrected chi connectivity index (χ3v) is 6.14. The number of aliphatic hydroxyl groups is 2. The van der Waals surface area contributed by atoms with Crippen molar-refractivity contribution in [1.82, 2.24) is 0 Å². The second-order valence-corrected chi connectivity index (χ2v) is 8.42. The van der Waals surface area contributed by atoms with Crippen molar-refractivity contribution in [3.05, 3.63) is 67.2 Å². The van der Waals surface area contributed by atoms with Crippen molar-refractivity contribution >= 4 is 0 Å². The van der Waals surface area contributed by atoms with Crippen molar-refractivity contribution < 1.29 is 28.8 Å². The van der Waals surface area contributed by atoms with Crippen LogP contribution in [0.5, 0.6) is 0 Å². The Morgan fingerprint density at radius 2 is 1.77 bits per heavy atom. The van der Waals surface area contributed by atoms with Crippen LogP contribution in [0.4, 0.5) is 4.39 Å². The summed E-state index contributed by atoms with van der Waals surface area (Å²) in [7, 11) is 0. The van der Waals surface area contributed by atoms with Gasteiger partial charge in [-0.1, -0.05) is 52.6 Å². The Hall–Kier alpha value is -3.12. The molecule has 2 aliphatic rings. The van der Waals surface area contributed by atoms with E-state index in [4.69, 9.17) is 30.8 Å². The molecule has 0 bridgehead atoms. The number of hydrogen-bond acceptors (Lipinski definition) is 8. The number of nitrogens with zero attached hydrogens (tertiary/aromatic N) is 9. The average Bonchev–Trinajstić information content (AvgIpc) is 2.86. The van der Waals surface area contributed by atoms with E-state index in [9.17, 15) is 10.2 Å². The highest BCUT2D eigenvalue weighted by Gasteiger charge is 2.50. The molecular weight excluding hydrogens is 465 g/mol. The number of hydrogen-bond donors (Lipinski definition) is 2. The first-order chi connectivity index (χ1) is 16.9. The molecule has 0 aromatic heterocycles. The minimum absolute atomic E-state index is 0.0297. The molecule has 1 aromatic carbocycles. The van der Waals surface area contributed by atoms with Gasteiger partial charge < -0.3 is 24.4 Å². The highest BCUT2D eigenvalue weighted by Crippen LogP contribution is 2.35. The van der Waals surface area contributed by atoms with Gasteiger partial charge in [-0.2, -0.15) is 0 Å². The summed E-state index contributed by atoms with van der Waals surface area (Å²) in [6.45, 7) is 1.44. The first-order valence-corrected chi connectivity index (χ1v) is 11.0. The smallest absolute Gasteiger partial charge is 0.170 e. The van der Waals surface area contributed by atoms with Crippen LogP contribution in [0.1, 0.15) is 18.9 Å². The molecule has 15 heteroatoms. The summed E-state index contributed by atoms with van der Waals surface area (Å²) < 4.78 is 33.1. The number of halogens is 1.